The van der Waals surface area contributed by atoms with Crippen LogP contribution in [0.15, 0.2) is 23.2 Å². The Balaban J connectivity index is 0.00000420. The van der Waals surface area contributed by atoms with Gasteiger partial charge in [0, 0.05) is 32.6 Å². The van der Waals surface area contributed by atoms with Gasteiger partial charge in [0.2, 0.25) is 5.91 Å². The molecule has 0 radical (unpaired) electrons. The van der Waals surface area contributed by atoms with Crippen molar-refractivity contribution in [1.82, 2.24) is 16.0 Å². The third-order valence-corrected chi connectivity index (χ3v) is 4.99. The van der Waals surface area contributed by atoms with Crippen LogP contribution >= 0.6 is 24.0 Å². The average Bonchev–Trinajstić information content (AvgIpc) is 2.73. The molecule has 0 aliphatic heterocycles. The summed E-state index contributed by atoms with van der Waals surface area (Å²) in [6, 6.07) is 6.27. The van der Waals surface area contributed by atoms with E-state index in [0.29, 0.717) is 25.0 Å². The highest BCUT2D eigenvalue weighted by Crippen LogP contribution is 2.27. The van der Waals surface area contributed by atoms with Crippen LogP contribution in [0.5, 0.6) is 11.5 Å². The van der Waals surface area contributed by atoms with Crippen molar-refractivity contribution in [3.8, 4) is 11.5 Å². The molecule has 0 bridgehead atoms. The second-order valence-electron chi connectivity index (χ2n) is 7.02. The van der Waals surface area contributed by atoms with Gasteiger partial charge in [0.25, 0.3) is 0 Å². The van der Waals surface area contributed by atoms with Crippen molar-refractivity contribution in [3.05, 3.63) is 23.8 Å². The van der Waals surface area contributed by atoms with Gasteiger partial charge in [-0.1, -0.05) is 25.3 Å². The van der Waals surface area contributed by atoms with Gasteiger partial charge in [-0.3, -0.25) is 9.79 Å². The molecule has 2 rings (SSSR count). The Bertz CT molecular complexity index is 649. The molecule has 0 saturated heterocycles. The van der Waals surface area contributed by atoms with Crippen LogP contribution in [0.2, 0.25) is 0 Å². The van der Waals surface area contributed by atoms with Crippen LogP contribution in [0.25, 0.3) is 0 Å². The zero-order valence-electron chi connectivity index (χ0n) is 17.8. The van der Waals surface area contributed by atoms with Crippen LogP contribution in [0.4, 0.5) is 0 Å². The van der Waals surface area contributed by atoms with Crippen molar-refractivity contribution in [1.29, 1.82) is 0 Å². The zero-order chi connectivity index (χ0) is 20.2. The number of hydrogen-bond acceptors (Lipinski definition) is 4. The molecule has 1 aromatic rings. The number of amides is 1. The van der Waals surface area contributed by atoms with Crippen LogP contribution < -0.4 is 25.4 Å². The number of guanidine groups is 1. The molecule has 1 amide bonds. The highest BCUT2D eigenvalue weighted by Gasteiger charge is 2.15. The number of nitrogens with one attached hydrogen (secondary N) is 3. The molecule has 1 aromatic carbocycles. The molecule has 0 heterocycles. The largest absolute Gasteiger partial charge is 0.493 e. The average molecular weight is 518 g/mol. The molecule has 0 unspecified atom stereocenters. The van der Waals surface area contributed by atoms with Crippen molar-refractivity contribution in [2.75, 3.05) is 34.4 Å². The second kappa shape index (κ2) is 14.3. The summed E-state index contributed by atoms with van der Waals surface area (Å²) in [6.07, 6.45) is 7.23. The van der Waals surface area contributed by atoms with E-state index in [4.69, 9.17) is 9.47 Å². The fourth-order valence-corrected chi connectivity index (χ4v) is 3.42. The number of halogens is 1. The summed E-state index contributed by atoms with van der Waals surface area (Å²) in [4.78, 5) is 16.3. The molecule has 8 heteroatoms. The first-order valence-corrected chi connectivity index (χ1v) is 10.1. The maximum atomic E-state index is 12.1. The van der Waals surface area contributed by atoms with Gasteiger partial charge in [-0.25, -0.2) is 0 Å². The van der Waals surface area contributed by atoms with E-state index < -0.39 is 0 Å². The molecular formula is C21H35IN4O3. The number of methoxy groups -OCH3 is 2. The van der Waals surface area contributed by atoms with E-state index in [-0.39, 0.29) is 29.9 Å². The van der Waals surface area contributed by atoms with Crippen LogP contribution in [-0.4, -0.2) is 52.3 Å². The van der Waals surface area contributed by atoms with Crippen molar-refractivity contribution in [3.63, 3.8) is 0 Å². The molecule has 0 aromatic heterocycles. The van der Waals surface area contributed by atoms with Gasteiger partial charge in [0.15, 0.2) is 17.5 Å². The predicted molar refractivity (Wildman–Crippen MR) is 128 cm³/mol. The molecule has 1 aliphatic rings. The van der Waals surface area contributed by atoms with Gasteiger partial charge in [0.1, 0.15) is 0 Å². The smallest absolute Gasteiger partial charge is 0.221 e. The number of hydrogen-bond donors (Lipinski definition) is 3. The lowest BCUT2D eigenvalue weighted by Gasteiger charge is -2.22. The highest BCUT2D eigenvalue weighted by molar-refractivity contribution is 14.0. The number of rotatable bonds is 9. The number of nitrogens with zero attached hydrogens (tertiary/aromatic N) is 1. The summed E-state index contributed by atoms with van der Waals surface area (Å²) in [5.74, 6) is 2.26. The van der Waals surface area contributed by atoms with E-state index in [1.165, 1.54) is 19.3 Å². The maximum Gasteiger partial charge on any atom is 0.221 e. The quantitative estimate of drug-likeness (QED) is 0.266. The first-order valence-electron chi connectivity index (χ1n) is 10.1. The van der Waals surface area contributed by atoms with E-state index in [0.717, 1.165) is 42.9 Å². The molecule has 164 valence electrons. The fraction of sp³-hybridized carbons (Fsp3) is 0.619. The van der Waals surface area contributed by atoms with Gasteiger partial charge in [0.05, 0.1) is 14.2 Å². The minimum absolute atomic E-state index is 0. The number of carbonyl (C=O) groups excluding carboxylic acids is 1. The summed E-state index contributed by atoms with van der Waals surface area (Å²) < 4.78 is 10.6. The molecule has 0 atom stereocenters. The molecule has 1 saturated carbocycles. The van der Waals surface area contributed by atoms with E-state index in [2.05, 4.69) is 20.9 Å². The van der Waals surface area contributed by atoms with Gasteiger partial charge in [-0.05, 0) is 37.0 Å². The Hall–Kier alpha value is -1.71. The van der Waals surface area contributed by atoms with Gasteiger partial charge in [-0.2, -0.15) is 0 Å². The third kappa shape index (κ3) is 9.10. The van der Waals surface area contributed by atoms with E-state index >= 15 is 0 Å². The number of benzene rings is 1. The standard InChI is InChI=1S/C21H34N4O3.HI/c1-22-21(24-14-12-20(26)25-17-7-5-4-6-8-17)23-13-11-16-9-10-18(27-2)19(15-16)28-3;/h9-10,15,17H,4-8,11-14H2,1-3H3,(H,25,26)(H2,22,23,24);1H. The lowest BCUT2D eigenvalue weighted by Crippen LogP contribution is -2.41. The topological polar surface area (TPSA) is 84.0 Å². The molecular weight excluding hydrogens is 483 g/mol. The van der Waals surface area contributed by atoms with E-state index in [1.54, 1.807) is 21.3 Å². The normalized spacial score (nSPS) is 14.5. The third-order valence-electron chi connectivity index (χ3n) is 4.99. The van der Waals surface area contributed by atoms with Crippen LogP contribution in [0.1, 0.15) is 44.1 Å². The van der Waals surface area contributed by atoms with Crippen molar-refractivity contribution in [2.24, 2.45) is 4.99 Å². The molecule has 29 heavy (non-hydrogen) atoms. The molecule has 1 fully saturated rings. The zero-order valence-corrected chi connectivity index (χ0v) is 20.1. The first kappa shape index (κ1) is 25.3. The Morgan fingerprint density at radius 2 is 1.76 bits per heavy atom. The lowest BCUT2D eigenvalue weighted by molar-refractivity contribution is -0.121. The van der Waals surface area contributed by atoms with Gasteiger partial charge < -0.3 is 25.4 Å². The Morgan fingerprint density at radius 3 is 2.41 bits per heavy atom. The summed E-state index contributed by atoms with van der Waals surface area (Å²) in [6.45, 7) is 1.29. The number of ether oxygens (including phenoxy) is 2. The predicted octanol–water partition coefficient (Wildman–Crippen LogP) is 2.87. The summed E-state index contributed by atoms with van der Waals surface area (Å²) in [5.41, 5.74) is 1.15. The summed E-state index contributed by atoms with van der Waals surface area (Å²) >= 11 is 0. The Kier molecular flexibility index (Phi) is 12.5. The van der Waals surface area contributed by atoms with Crippen LogP contribution in [0, 0.1) is 0 Å². The first-order chi connectivity index (χ1) is 13.7. The van der Waals surface area contributed by atoms with Crippen LogP contribution in [-0.2, 0) is 11.2 Å². The minimum atomic E-state index is 0. The van der Waals surface area contributed by atoms with Crippen molar-refractivity contribution in [2.45, 2.75) is 51.0 Å². The fourth-order valence-electron chi connectivity index (χ4n) is 3.42. The molecule has 0 spiro atoms. The van der Waals surface area contributed by atoms with E-state index in [1.807, 2.05) is 18.2 Å². The SMILES string of the molecule is CN=C(NCCC(=O)NC1CCCCC1)NCCc1ccc(OC)c(OC)c1.I. The maximum absolute atomic E-state index is 12.1. The Labute approximate surface area is 191 Å². The molecule has 7 nitrogen and oxygen atoms in total. The molecule has 3 N–H and O–H groups in total. The van der Waals surface area contributed by atoms with Gasteiger partial charge in [-0.15, -0.1) is 24.0 Å². The van der Waals surface area contributed by atoms with Crippen molar-refractivity contribution < 1.29 is 14.3 Å². The second-order valence-corrected chi connectivity index (χ2v) is 7.02. The van der Waals surface area contributed by atoms with Gasteiger partial charge >= 0.3 is 0 Å². The number of aliphatic imine (C=N–C) groups is 1. The lowest BCUT2D eigenvalue weighted by atomic mass is 9.95. The minimum Gasteiger partial charge on any atom is -0.493 e. The monoisotopic (exact) mass is 518 g/mol. The highest BCUT2D eigenvalue weighted by atomic mass is 127. The van der Waals surface area contributed by atoms with Crippen molar-refractivity contribution >= 4 is 35.8 Å². The van der Waals surface area contributed by atoms with Crippen LogP contribution in [0.3, 0.4) is 0 Å². The molecule has 1 aliphatic carbocycles. The van der Waals surface area contributed by atoms with E-state index in [9.17, 15) is 4.79 Å². The summed E-state index contributed by atoms with van der Waals surface area (Å²) in [7, 11) is 4.99. The Morgan fingerprint density at radius 1 is 1.07 bits per heavy atom. The summed E-state index contributed by atoms with van der Waals surface area (Å²) in [5, 5.41) is 9.61. The number of carbonyl (C=O) groups is 1.